The van der Waals surface area contributed by atoms with Crippen molar-refractivity contribution in [3.63, 3.8) is 0 Å². The number of furan rings is 1. The minimum atomic E-state index is -0.186. The molecule has 0 saturated heterocycles. The summed E-state index contributed by atoms with van der Waals surface area (Å²) in [5.41, 5.74) is 14.4. The molecule has 1 heterocycles. The molecule has 12 aromatic rings. The molecule has 0 saturated carbocycles. The molecule has 0 unspecified atom stereocenters. The molecule has 1 aromatic heterocycles. The van der Waals surface area contributed by atoms with E-state index < -0.39 is 0 Å². The topological polar surface area (TPSA) is 13.1 Å². The van der Waals surface area contributed by atoms with Gasteiger partial charge in [-0.05, 0) is 111 Å². The Morgan fingerprint density at radius 2 is 0.783 bits per heavy atom. The summed E-state index contributed by atoms with van der Waals surface area (Å²) in [5, 5.41) is 14.7. The number of hydrogen-bond acceptors (Lipinski definition) is 1. The molecule has 0 fully saturated rings. The Morgan fingerprint density at radius 3 is 1.47 bits per heavy atom. The van der Waals surface area contributed by atoms with E-state index in [1.54, 1.807) is 0 Å². The predicted molar refractivity (Wildman–Crippen MR) is 255 cm³/mol. The van der Waals surface area contributed by atoms with E-state index in [4.69, 9.17) is 4.42 Å². The van der Waals surface area contributed by atoms with E-state index in [2.05, 4.69) is 208 Å². The van der Waals surface area contributed by atoms with Gasteiger partial charge in [0.2, 0.25) is 0 Å². The van der Waals surface area contributed by atoms with Gasteiger partial charge in [0.25, 0.3) is 0 Å². The zero-order chi connectivity index (χ0) is 39.7. The summed E-state index contributed by atoms with van der Waals surface area (Å²) in [5.74, 6) is 0. The van der Waals surface area contributed by atoms with Crippen molar-refractivity contribution in [3.05, 3.63) is 205 Å². The largest absolute Gasteiger partial charge is 0.455 e. The van der Waals surface area contributed by atoms with Crippen molar-refractivity contribution in [2.24, 2.45) is 0 Å². The molecule has 13 rings (SSSR count). The van der Waals surface area contributed by atoms with Gasteiger partial charge in [-0.2, -0.15) is 0 Å². The van der Waals surface area contributed by atoms with Crippen molar-refractivity contribution in [1.82, 2.24) is 0 Å². The molecule has 1 aliphatic rings. The molecule has 0 radical (unpaired) electrons. The maximum Gasteiger partial charge on any atom is 0.143 e. The van der Waals surface area contributed by atoms with E-state index in [0.29, 0.717) is 0 Å². The van der Waals surface area contributed by atoms with E-state index in [1.807, 2.05) is 0 Å². The SMILES string of the molecule is CC1(C)c2ccccc2-c2c1cc(-c1ccc(-c3c4ccccc4c(-c4cccc5ccccc45)c4ccccc34)c3ccccc13)c1oc3c4ccccc4ccc3c21. The Hall–Kier alpha value is -7.48. The molecule has 280 valence electrons. The highest BCUT2D eigenvalue weighted by Crippen LogP contribution is 2.56. The van der Waals surface area contributed by atoms with Crippen molar-refractivity contribution in [3.8, 4) is 44.5 Å². The van der Waals surface area contributed by atoms with Crippen LogP contribution in [0.4, 0.5) is 0 Å². The van der Waals surface area contributed by atoms with Crippen LogP contribution in [0.1, 0.15) is 25.0 Å². The molecule has 0 N–H and O–H groups in total. The molecule has 0 atom stereocenters. The van der Waals surface area contributed by atoms with E-state index in [0.717, 1.165) is 22.1 Å². The van der Waals surface area contributed by atoms with Gasteiger partial charge in [-0.1, -0.05) is 196 Å². The quantitative estimate of drug-likeness (QED) is 0.163. The van der Waals surface area contributed by atoms with Crippen LogP contribution < -0.4 is 0 Å². The van der Waals surface area contributed by atoms with Gasteiger partial charge in [-0.3, -0.25) is 0 Å². The van der Waals surface area contributed by atoms with Gasteiger partial charge in [-0.15, -0.1) is 0 Å². The fourth-order valence-electron chi connectivity index (χ4n) is 10.9. The maximum absolute atomic E-state index is 7.22. The Labute approximate surface area is 347 Å². The summed E-state index contributed by atoms with van der Waals surface area (Å²) < 4.78 is 7.22. The molecular weight excluding hydrogens is 725 g/mol. The van der Waals surface area contributed by atoms with E-state index >= 15 is 0 Å². The van der Waals surface area contributed by atoms with Crippen LogP contribution in [0.25, 0.3) is 120 Å². The highest BCUT2D eigenvalue weighted by molar-refractivity contribution is 6.27. The van der Waals surface area contributed by atoms with E-state index in [9.17, 15) is 0 Å². The monoisotopic (exact) mass is 762 g/mol. The van der Waals surface area contributed by atoms with Crippen LogP contribution in [0.3, 0.4) is 0 Å². The lowest BCUT2D eigenvalue weighted by Crippen LogP contribution is -2.15. The summed E-state index contributed by atoms with van der Waals surface area (Å²) in [7, 11) is 0. The molecule has 0 bridgehead atoms. The first-order chi connectivity index (χ1) is 29.6. The predicted octanol–water partition coefficient (Wildman–Crippen LogP) is 16.7. The molecule has 11 aromatic carbocycles. The first kappa shape index (κ1) is 33.5. The summed E-state index contributed by atoms with van der Waals surface area (Å²) in [6.45, 7) is 4.76. The molecular formula is C59H38O. The summed E-state index contributed by atoms with van der Waals surface area (Å²) in [4.78, 5) is 0. The molecule has 1 nitrogen and oxygen atoms in total. The number of hydrogen-bond donors (Lipinski definition) is 0. The fourth-order valence-corrected chi connectivity index (χ4v) is 10.9. The zero-order valence-electron chi connectivity index (χ0n) is 33.4. The van der Waals surface area contributed by atoms with Crippen molar-refractivity contribution >= 4 is 75.8 Å². The van der Waals surface area contributed by atoms with Crippen LogP contribution in [0, 0.1) is 0 Å². The van der Waals surface area contributed by atoms with Crippen molar-refractivity contribution in [1.29, 1.82) is 0 Å². The van der Waals surface area contributed by atoms with Crippen LogP contribution in [0.5, 0.6) is 0 Å². The van der Waals surface area contributed by atoms with Crippen molar-refractivity contribution in [2.45, 2.75) is 19.3 Å². The Balaban J connectivity index is 1.13. The van der Waals surface area contributed by atoms with Crippen molar-refractivity contribution in [2.75, 3.05) is 0 Å². The second-order valence-electron chi connectivity index (χ2n) is 17.1. The molecule has 0 aliphatic heterocycles. The zero-order valence-corrected chi connectivity index (χ0v) is 33.4. The summed E-state index contributed by atoms with van der Waals surface area (Å²) in [6.07, 6.45) is 0. The standard InChI is InChI=1S/C59H38O/c1-59(2)51-29-14-13-27-48(51)55-52(59)34-50(58-56(55)49-31-30-36-17-4-6-20-38(36)57(49)60-58)41-32-33-47(40-22-8-7-21-39(40)41)54-45-25-11-9-23-43(45)53(44-24-10-12-26-46(44)54)42-28-15-18-35-16-3-5-19-37(35)42/h3-34H,1-2H3. The number of rotatable bonds is 3. The van der Waals surface area contributed by atoms with Crippen LogP contribution in [-0.4, -0.2) is 0 Å². The lowest BCUT2D eigenvalue weighted by Gasteiger charge is -2.23. The van der Waals surface area contributed by atoms with E-state index in [-0.39, 0.29) is 5.41 Å². The van der Waals surface area contributed by atoms with Gasteiger partial charge < -0.3 is 4.42 Å². The van der Waals surface area contributed by atoms with Gasteiger partial charge in [0, 0.05) is 27.1 Å². The third kappa shape index (κ3) is 4.47. The minimum absolute atomic E-state index is 0.186. The second-order valence-corrected chi connectivity index (χ2v) is 17.1. The van der Waals surface area contributed by atoms with Gasteiger partial charge in [0.05, 0.1) is 0 Å². The van der Waals surface area contributed by atoms with Gasteiger partial charge in [-0.25, -0.2) is 0 Å². The van der Waals surface area contributed by atoms with Crippen LogP contribution in [-0.2, 0) is 5.41 Å². The number of fused-ring (bicyclic) bond motifs is 13. The third-order valence-corrected chi connectivity index (χ3v) is 13.6. The van der Waals surface area contributed by atoms with Gasteiger partial charge in [0.15, 0.2) is 0 Å². The molecule has 0 amide bonds. The fraction of sp³-hybridized carbons (Fsp3) is 0.0508. The highest BCUT2D eigenvalue weighted by Gasteiger charge is 2.38. The van der Waals surface area contributed by atoms with Crippen LogP contribution in [0.2, 0.25) is 0 Å². The van der Waals surface area contributed by atoms with Crippen LogP contribution >= 0.6 is 0 Å². The van der Waals surface area contributed by atoms with Crippen LogP contribution in [0.15, 0.2) is 199 Å². The smallest absolute Gasteiger partial charge is 0.143 e. The molecule has 1 heteroatoms. The first-order valence-corrected chi connectivity index (χ1v) is 21.0. The lowest BCUT2D eigenvalue weighted by atomic mass is 9.80. The van der Waals surface area contributed by atoms with Crippen molar-refractivity contribution < 1.29 is 4.42 Å². The summed E-state index contributed by atoms with van der Waals surface area (Å²) in [6, 6.07) is 71.7. The normalized spacial score (nSPS) is 13.3. The average Bonchev–Trinajstić information content (AvgIpc) is 3.80. The molecule has 1 aliphatic carbocycles. The summed E-state index contributed by atoms with van der Waals surface area (Å²) >= 11 is 0. The molecule has 60 heavy (non-hydrogen) atoms. The average molecular weight is 763 g/mol. The Morgan fingerprint density at radius 1 is 0.300 bits per heavy atom. The Kier molecular flexibility index (Phi) is 6.85. The second kappa shape index (κ2) is 12.3. The third-order valence-electron chi connectivity index (χ3n) is 13.6. The first-order valence-electron chi connectivity index (χ1n) is 21.0. The van der Waals surface area contributed by atoms with Gasteiger partial charge >= 0.3 is 0 Å². The Bertz CT molecular complexity index is 3740. The lowest BCUT2D eigenvalue weighted by molar-refractivity contribution is 0.658. The van der Waals surface area contributed by atoms with E-state index in [1.165, 1.54) is 109 Å². The highest BCUT2D eigenvalue weighted by atomic mass is 16.3. The maximum atomic E-state index is 7.22. The minimum Gasteiger partial charge on any atom is -0.455 e. The van der Waals surface area contributed by atoms with Gasteiger partial charge in [0.1, 0.15) is 11.2 Å². The molecule has 0 spiro atoms. The number of benzene rings is 11.